The van der Waals surface area contributed by atoms with Crippen molar-refractivity contribution < 1.29 is 9.47 Å². The second kappa shape index (κ2) is 7.68. The summed E-state index contributed by atoms with van der Waals surface area (Å²) in [4.78, 5) is 9.58. The molecule has 0 bridgehead atoms. The van der Waals surface area contributed by atoms with Gasteiger partial charge in [0.05, 0.1) is 26.5 Å². The van der Waals surface area contributed by atoms with Gasteiger partial charge in [-0.15, -0.1) is 0 Å². The van der Waals surface area contributed by atoms with Crippen LogP contribution in [-0.4, -0.2) is 38.2 Å². The lowest BCUT2D eigenvalue weighted by atomic mass is 10.1. The molecule has 0 unspecified atom stereocenters. The summed E-state index contributed by atoms with van der Waals surface area (Å²) < 4.78 is 10.9. The average molecular weight is 353 g/mol. The van der Waals surface area contributed by atoms with Crippen LogP contribution in [0.5, 0.6) is 11.5 Å². The number of para-hydroxylation sites is 1. The Morgan fingerprint density at radius 2 is 1.69 bits per heavy atom. The van der Waals surface area contributed by atoms with Crippen molar-refractivity contribution in [3.63, 3.8) is 0 Å². The fourth-order valence-corrected chi connectivity index (χ4v) is 3.36. The van der Waals surface area contributed by atoms with Crippen molar-refractivity contribution in [2.45, 2.75) is 27.3 Å². The monoisotopic (exact) mass is 353 g/mol. The van der Waals surface area contributed by atoms with Crippen LogP contribution in [0.4, 0.5) is 11.4 Å². The highest BCUT2D eigenvalue weighted by Crippen LogP contribution is 2.39. The summed E-state index contributed by atoms with van der Waals surface area (Å²) in [5, 5.41) is 0. The van der Waals surface area contributed by atoms with Crippen LogP contribution in [0, 0.1) is 6.92 Å². The molecule has 0 radical (unpaired) electrons. The summed E-state index contributed by atoms with van der Waals surface area (Å²) in [7, 11) is 3.32. The van der Waals surface area contributed by atoms with Gasteiger partial charge in [-0.05, 0) is 38.5 Å². The molecule has 1 aliphatic rings. The maximum absolute atomic E-state index is 5.48. The highest BCUT2D eigenvalue weighted by Gasteiger charge is 2.26. The van der Waals surface area contributed by atoms with E-state index in [1.165, 1.54) is 11.3 Å². The van der Waals surface area contributed by atoms with Gasteiger partial charge < -0.3 is 19.3 Å². The number of aryl methyl sites for hydroxylation is 1. The molecule has 2 aromatic carbocycles. The van der Waals surface area contributed by atoms with Crippen LogP contribution in [0.25, 0.3) is 0 Å². The maximum atomic E-state index is 5.48. The minimum Gasteiger partial charge on any atom is -0.493 e. The van der Waals surface area contributed by atoms with Gasteiger partial charge in [0, 0.05) is 30.4 Å². The van der Waals surface area contributed by atoms with E-state index in [2.05, 4.69) is 54.8 Å². The number of hydrogen-bond donors (Lipinski definition) is 0. The number of hydrogen-bond acceptors (Lipinski definition) is 5. The molecule has 0 aromatic heterocycles. The van der Waals surface area contributed by atoms with Gasteiger partial charge in [0.25, 0.3) is 0 Å². The molecule has 138 valence electrons. The van der Waals surface area contributed by atoms with Crippen molar-refractivity contribution in [1.82, 2.24) is 4.90 Å². The lowest BCUT2D eigenvalue weighted by molar-refractivity contribution is 0.354. The third-order valence-corrected chi connectivity index (χ3v) is 4.83. The number of methoxy groups -OCH3 is 2. The Labute approximate surface area is 155 Å². The number of aliphatic imine (C=N–C) groups is 1. The maximum Gasteiger partial charge on any atom is 0.206 e. The van der Waals surface area contributed by atoms with E-state index >= 15 is 0 Å². The second-order valence-electron chi connectivity index (χ2n) is 6.29. The molecule has 2 aromatic rings. The first-order chi connectivity index (χ1) is 12.6. The Kier molecular flexibility index (Phi) is 5.35. The zero-order valence-corrected chi connectivity index (χ0v) is 16.2. The van der Waals surface area contributed by atoms with Crippen molar-refractivity contribution in [1.29, 1.82) is 0 Å². The Balaban J connectivity index is 2.15. The Morgan fingerprint density at radius 3 is 2.31 bits per heavy atom. The van der Waals surface area contributed by atoms with Crippen LogP contribution < -0.4 is 14.4 Å². The van der Waals surface area contributed by atoms with Crippen molar-refractivity contribution in [2.24, 2.45) is 4.99 Å². The first kappa shape index (κ1) is 18.1. The molecule has 0 N–H and O–H groups in total. The predicted molar refractivity (Wildman–Crippen MR) is 107 cm³/mol. The molecule has 3 rings (SSSR count). The van der Waals surface area contributed by atoms with E-state index < -0.39 is 0 Å². The van der Waals surface area contributed by atoms with Crippen LogP contribution in [0.2, 0.25) is 0 Å². The molecular weight excluding hydrogens is 326 g/mol. The van der Waals surface area contributed by atoms with Crippen molar-refractivity contribution in [2.75, 3.05) is 32.2 Å². The van der Waals surface area contributed by atoms with Crippen LogP contribution in [0.1, 0.15) is 25.0 Å². The molecular formula is C21H27N3O2. The number of benzene rings is 2. The van der Waals surface area contributed by atoms with Gasteiger partial charge in [-0.3, -0.25) is 0 Å². The fraction of sp³-hybridized carbons (Fsp3) is 0.381. The van der Waals surface area contributed by atoms with Gasteiger partial charge in [-0.25, -0.2) is 4.99 Å². The molecule has 0 atom stereocenters. The van der Waals surface area contributed by atoms with E-state index in [0.29, 0.717) is 5.75 Å². The highest BCUT2D eigenvalue weighted by atomic mass is 16.5. The number of guanidine groups is 1. The van der Waals surface area contributed by atoms with Gasteiger partial charge in [-0.2, -0.15) is 0 Å². The molecule has 0 aliphatic carbocycles. The lowest BCUT2D eigenvalue weighted by Gasteiger charge is -2.37. The topological polar surface area (TPSA) is 37.3 Å². The van der Waals surface area contributed by atoms with E-state index in [-0.39, 0.29) is 0 Å². The first-order valence-electron chi connectivity index (χ1n) is 9.04. The van der Waals surface area contributed by atoms with Crippen molar-refractivity contribution >= 4 is 17.3 Å². The lowest BCUT2D eigenvalue weighted by Crippen LogP contribution is -2.45. The summed E-state index contributed by atoms with van der Waals surface area (Å²) >= 11 is 0. The summed E-state index contributed by atoms with van der Waals surface area (Å²) in [5.41, 5.74) is 4.48. The van der Waals surface area contributed by atoms with Gasteiger partial charge in [0.15, 0.2) is 11.5 Å². The quantitative estimate of drug-likeness (QED) is 0.800. The molecule has 1 aliphatic heterocycles. The molecule has 0 spiro atoms. The number of nitrogens with zero attached hydrogens (tertiary/aromatic N) is 3. The van der Waals surface area contributed by atoms with Crippen LogP contribution in [-0.2, 0) is 6.54 Å². The van der Waals surface area contributed by atoms with Crippen LogP contribution in [0.15, 0.2) is 41.4 Å². The molecule has 0 saturated heterocycles. The third kappa shape index (κ3) is 3.21. The Morgan fingerprint density at radius 1 is 1.04 bits per heavy atom. The normalized spacial score (nSPS) is 13.1. The predicted octanol–water partition coefficient (Wildman–Crippen LogP) is 4.36. The number of ether oxygens (including phenoxy) is 2. The van der Waals surface area contributed by atoms with E-state index in [0.717, 1.165) is 42.6 Å². The Hall–Kier alpha value is -2.69. The summed E-state index contributed by atoms with van der Waals surface area (Å²) in [5.74, 6) is 2.42. The molecule has 1 heterocycles. The molecule has 5 nitrogen and oxygen atoms in total. The molecule has 0 fully saturated rings. The number of rotatable bonds is 5. The zero-order valence-electron chi connectivity index (χ0n) is 16.2. The Bertz CT molecular complexity index is 813. The minimum absolute atomic E-state index is 0.707. The van der Waals surface area contributed by atoms with Crippen LogP contribution >= 0.6 is 0 Å². The molecule has 5 heteroatoms. The number of anilines is 1. The largest absolute Gasteiger partial charge is 0.493 e. The zero-order chi connectivity index (χ0) is 18.7. The summed E-state index contributed by atoms with van der Waals surface area (Å²) in [6.45, 7) is 9.01. The van der Waals surface area contributed by atoms with Crippen molar-refractivity contribution in [3.05, 3.63) is 47.5 Å². The molecule has 0 saturated carbocycles. The van der Waals surface area contributed by atoms with E-state index in [4.69, 9.17) is 14.5 Å². The second-order valence-corrected chi connectivity index (χ2v) is 6.29. The van der Waals surface area contributed by atoms with Crippen molar-refractivity contribution in [3.8, 4) is 11.5 Å². The minimum atomic E-state index is 0.707. The van der Waals surface area contributed by atoms with Crippen LogP contribution in [0.3, 0.4) is 0 Å². The van der Waals surface area contributed by atoms with E-state index in [1.54, 1.807) is 14.2 Å². The van der Waals surface area contributed by atoms with Gasteiger partial charge in [0.1, 0.15) is 0 Å². The number of fused-ring (bicyclic) bond motifs is 1. The SMILES string of the molecule is CCN(CC)C1=Nc2cc(OC)c(OC)cc2CN1c1ccccc1C. The average Bonchev–Trinajstić information content (AvgIpc) is 2.67. The molecule has 0 amide bonds. The van der Waals surface area contributed by atoms with Gasteiger partial charge >= 0.3 is 0 Å². The standard InChI is InChI=1S/C21H27N3O2/c1-6-23(7-2)21-22-17-13-20(26-5)19(25-4)12-16(17)14-24(21)18-11-9-8-10-15(18)3/h8-13H,6-7,14H2,1-5H3. The summed E-state index contributed by atoms with van der Waals surface area (Å²) in [6.07, 6.45) is 0. The van der Waals surface area contributed by atoms with E-state index in [1.807, 2.05) is 12.1 Å². The first-order valence-corrected chi connectivity index (χ1v) is 9.04. The molecule has 26 heavy (non-hydrogen) atoms. The van der Waals surface area contributed by atoms with Gasteiger partial charge in [0.2, 0.25) is 5.96 Å². The van der Waals surface area contributed by atoms with E-state index in [9.17, 15) is 0 Å². The summed E-state index contributed by atoms with van der Waals surface area (Å²) in [6, 6.07) is 12.4. The van der Waals surface area contributed by atoms with Gasteiger partial charge in [-0.1, -0.05) is 18.2 Å². The third-order valence-electron chi connectivity index (χ3n) is 4.83. The highest BCUT2D eigenvalue weighted by molar-refractivity contribution is 6.00. The fourth-order valence-electron chi connectivity index (χ4n) is 3.36. The smallest absolute Gasteiger partial charge is 0.206 e.